The number of nitrogens with zero attached hydrogens (tertiary/aromatic N) is 5. The average Bonchev–Trinajstić information content (AvgIpc) is 3.35. The van der Waals surface area contributed by atoms with Crippen LogP contribution in [-0.2, 0) is 18.5 Å². The maximum Gasteiger partial charge on any atom is 0.167 e. The molecule has 0 radical (unpaired) electrons. The molecule has 0 aliphatic rings. The van der Waals surface area contributed by atoms with Gasteiger partial charge in [0.05, 0.1) is 20.2 Å². The third-order valence-corrected chi connectivity index (χ3v) is 6.26. The van der Waals surface area contributed by atoms with Gasteiger partial charge in [0.15, 0.2) is 5.82 Å². The van der Waals surface area contributed by atoms with E-state index in [1.807, 2.05) is 29.6 Å². The number of benzene rings is 1. The molecule has 10 heteroatoms. The van der Waals surface area contributed by atoms with E-state index < -0.39 is 5.66 Å². The number of anilines is 1. The van der Waals surface area contributed by atoms with Crippen molar-refractivity contribution in [2.75, 3.05) is 12.3 Å². The molecule has 3 heterocycles. The highest BCUT2D eigenvalue weighted by Gasteiger charge is 2.37. The average molecular weight is 413 g/mol. The van der Waals surface area contributed by atoms with Crippen molar-refractivity contribution in [3.8, 4) is 0 Å². The molecule has 0 saturated carbocycles. The van der Waals surface area contributed by atoms with E-state index in [4.69, 9.17) is 22.3 Å². The molecule has 0 fully saturated rings. The van der Waals surface area contributed by atoms with Gasteiger partial charge < -0.3 is 11.5 Å². The van der Waals surface area contributed by atoms with Crippen LogP contribution in [-0.4, -0.2) is 31.5 Å². The molecule has 0 amide bonds. The van der Waals surface area contributed by atoms with Crippen LogP contribution in [0.2, 0.25) is 0 Å². The maximum atomic E-state index is 6.80. The van der Waals surface area contributed by atoms with Gasteiger partial charge in [-0.25, -0.2) is 24.9 Å². The zero-order valence-corrected chi connectivity index (χ0v) is 16.7. The van der Waals surface area contributed by atoms with Crippen LogP contribution < -0.4 is 17.3 Å². The Morgan fingerprint density at radius 3 is 2.64 bits per heavy atom. The van der Waals surface area contributed by atoms with Crippen molar-refractivity contribution in [1.29, 1.82) is 0 Å². The van der Waals surface area contributed by atoms with Crippen LogP contribution in [0.3, 0.4) is 0 Å². The van der Waals surface area contributed by atoms with E-state index in [1.54, 1.807) is 46.1 Å². The summed E-state index contributed by atoms with van der Waals surface area (Å²) in [6.07, 6.45) is 4.41. The highest BCUT2D eigenvalue weighted by molar-refractivity contribution is 7.18. The van der Waals surface area contributed by atoms with Gasteiger partial charge >= 0.3 is 0 Å². The lowest BCUT2D eigenvalue weighted by Gasteiger charge is -2.36. The lowest BCUT2D eigenvalue weighted by atomic mass is 10.1. The number of nitrogen functional groups attached to an aromatic ring is 1. The van der Waals surface area contributed by atoms with Crippen molar-refractivity contribution in [3.63, 3.8) is 0 Å². The van der Waals surface area contributed by atoms with E-state index in [1.165, 1.54) is 0 Å². The summed E-state index contributed by atoms with van der Waals surface area (Å²) in [4.78, 5) is 17.7. The zero-order chi connectivity index (χ0) is 19.6. The van der Waals surface area contributed by atoms with Crippen LogP contribution in [0.5, 0.6) is 0 Å². The first kappa shape index (κ1) is 18.8. The van der Waals surface area contributed by atoms with Crippen molar-refractivity contribution in [3.05, 3.63) is 63.9 Å². The maximum absolute atomic E-state index is 6.80. The molecule has 0 aliphatic carbocycles. The topological polar surface area (TPSA) is 133 Å². The van der Waals surface area contributed by atoms with Crippen molar-refractivity contribution in [2.45, 2.75) is 18.5 Å². The highest BCUT2D eigenvalue weighted by Crippen LogP contribution is 2.29. The molecule has 0 saturated heterocycles. The van der Waals surface area contributed by atoms with Gasteiger partial charge in [0.25, 0.3) is 0 Å². The van der Waals surface area contributed by atoms with Gasteiger partial charge in [-0.1, -0.05) is 12.1 Å². The minimum atomic E-state index is -1.15. The Balaban J connectivity index is 1.65. The summed E-state index contributed by atoms with van der Waals surface area (Å²) in [6, 6.07) is 9.59. The summed E-state index contributed by atoms with van der Waals surface area (Å²) in [5.41, 5.74) is 12.5. The third-order valence-electron chi connectivity index (χ3n) is 4.39. The smallest absolute Gasteiger partial charge is 0.167 e. The number of hydrogen-bond donors (Lipinski definition) is 3. The number of nitrogens with two attached hydrogens (primary N) is 3. The molecular weight excluding hydrogens is 392 g/mol. The zero-order valence-electron chi connectivity index (χ0n) is 15.0. The Morgan fingerprint density at radius 2 is 1.89 bits per heavy atom. The van der Waals surface area contributed by atoms with Gasteiger partial charge in [-0.05, 0) is 18.2 Å². The second-order valence-corrected chi connectivity index (χ2v) is 8.45. The van der Waals surface area contributed by atoms with E-state index in [-0.39, 0.29) is 0 Å². The summed E-state index contributed by atoms with van der Waals surface area (Å²) in [7, 11) is 0. The number of rotatable bonds is 7. The molecule has 1 unspecified atom stereocenters. The van der Waals surface area contributed by atoms with Gasteiger partial charge in [0, 0.05) is 37.2 Å². The SMILES string of the molecule is Nc1ccnc(C(N)(Cc2nc3ccccc3s2)N(N)CCc2nccs2)n1. The number of hydrazine groups is 1. The number of fused-ring (bicyclic) bond motifs is 1. The molecule has 0 bridgehead atoms. The van der Waals surface area contributed by atoms with Gasteiger partial charge in [0.2, 0.25) is 0 Å². The largest absolute Gasteiger partial charge is 0.384 e. The van der Waals surface area contributed by atoms with Crippen molar-refractivity contribution >= 4 is 38.7 Å². The number of para-hydroxylation sites is 1. The van der Waals surface area contributed by atoms with Crippen LogP contribution in [0.25, 0.3) is 10.2 Å². The molecule has 8 nitrogen and oxygen atoms in total. The van der Waals surface area contributed by atoms with Crippen molar-refractivity contribution in [2.24, 2.45) is 11.6 Å². The van der Waals surface area contributed by atoms with E-state index in [0.717, 1.165) is 20.2 Å². The van der Waals surface area contributed by atoms with Gasteiger partial charge in [-0.15, -0.1) is 22.7 Å². The quantitative estimate of drug-likeness (QED) is 0.238. The van der Waals surface area contributed by atoms with Crippen LogP contribution >= 0.6 is 22.7 Å². The van der Waals surface area contributed by atoms with Crippen molar-refractivity contribution < 1.29 is 0 Å². The minimum Gasteiger partial charge on any atom is -0.384 e. The Labute approximate surface area is 170 Å². The van der Waals surface area contributed by atoms with Gasteiger partial charge in [-0.3, -0.25) is 5.84 Å². The number of aromatic nitrogens is 4. The molecule has 6 N–H and O–H groups in total. The van der Waals surface area contributed by atoms with E-state index in [9.17, 15) is 0 Å². The molecule has 4 rings (SSSR count). The first-order valence-electron chi connectivity index (χ1n) is 8.67. The normalized spacial score (nSPS) is 13.8. The fourth-order valence-corrected chi connectivity index (χ4v) is 4.57. The summed E-state index contributed by atoms with van der Waals surface area (Å²) in [6.45, 7) is 0.493. The molecule has 0 spiro atoms. The Hall–Kier alpha value is -2.50. The number of thiazole rings is 2. The molecule has 3 aromatic heterocycles. The fourth-order valence-electron chi connectivity index (χ4n) is 2.91. The second kappa shape index (κ2) is 7.86. The lowest BCUT2D eigenvalue weighted by molar-refractivity contribution is 0.0824. The van der Waals surface area contributed by atoms with Crippen molar-refractivity contribution in [1.82, 2.24) is 24.9 Å². The van der Waals surface area contributed by atoms with Crippen LogP contribution in [0, 0.1) is 0 Å². The first-order valence-corrected chi connectivity index (χ1v) is 10.4. The van der Waals surface area contributed by atoms with E-state index in [0.29, 0.717) is 31.0 Å². The summed E-state index contributed by atoms with van der Waals surface area (Å²) in [5, 5.41) is 5.36. The molecule has 28 heavy (non-hydrogen) atoms. The molecule has 1 aromatic carbocycles. The van der Waals surface area contributed by atoms with E-state index >= 15 is 0 Å². The molecule has 1 atom stereocenters. The monoisotopic (exact) mass is 412 g/mol. The fraction of sp³-hybridized carbons (Fsp3) is 0.222. The van der Waals surface area contributed by atoms with Crippen LogP contribution in [0.4, 0.5) is 5.82 Å². The number of hydrogen-bond acceptors (Lipinski definition) is 10. The summed E-state index contributed by atoms with van der Waals surface area (Å²) in [5.74, 6) is 7.15. The van der Waals surface area contributed by atoms with Gasteiger partial charge in [-0.2, -0.15) is 0 Å². The predicted molar refractivity (Wildman–Crippen MR) is 112 cm³/mol. The standard InChI is InChI=1S/C18H20N8S2/c19-14-5-7-23-17(25-14)18(20,26(21)9-6-15-22-8-10-27-15)11-16-24-12-3-1-2-4-13(12)28-16/h1-5,7-8,10H,6,9,11,20-21H2,(H2,19,23,25). The summed E-state index contributed by atoms with van der Waals surface area (Å²) < 4.78 is 1.10. The molecular formula is C18H20N8S2. The van der Waals surface area contributed by atoms with E-state index in [2.05, 4.69) is 15.0 Å². The third kappa shape index (κ3) is 3.86. The minimum absolute atomic E-state index is 0.345. The summed E-state index contributed by atoms with van der Waals surface area (Å²) >= 11 is 3.17. The molecule has 0 aliphatic heterocycles. The Kier molecular flexibility index (Phi) is 5.29. The lowest BCUT2D eigenvalue weighted by Crippen LogP contribution is -2.59. The molecule has 4 aromatic rings. The predicted octanol–water partition coefficient (Wildman–Crippen LogP) is 1.90. The second-order valence-electron chi connectivity index (χ2n) is 6.35. The Morgan fingerprint density at radius 1 is 1.04 bits per heavy atom. The first-order chi connectivity index (χ1) is 13.5. The Bertz CT molecular complexity index is 1030. The van der Waals surface area contributed by atoms with Gasteiger partial charge in [0.1, 0.15) is 11.5 Å². The van der Waals surface area contributed by atoms with Crippen LogP contribution in [0.1, 0.15) is 15.8 Å². The molecule has 144 valence electrons. The highest BCUT2D eigenvalue weighted by atomic mass is 32.1. The van der Waals surface area contributed by atoms with Crippen LogP contribution in [0.15, 0.2) is 48.1 Å².